The third-order valence-corrected chi connectivity index (χ3v) is 6.21. The first-order valence-corrected chi connectivity index (χ1v) is 11.8. The average molecular weight is 441 g/mol. The molecule has 1 atom stereocenters. The fourth-order valence-corrected chi connectivity index (χ4v) is 4.43. The van der Waals surface area contributed by atoms with Crippen LogP contribution in [0.5, 0.6) is 11.5 Å². The van der Waals surface area contributed by atoms with E-state index in [2.05, 4.69) is 5.32 Å². The van der Waals surface area contributed by atoms with Crippen molar-refractivity contribution in [2.75, 3.05) is 30.3 Å². The Bertz CT molecular complexity index is 1230. The van der Waals surface area contributed by atoms with Gasteiger partial charge in [-0.05, 0) is 47.5 Å². The van der Waals surface area contributed by atoms with Gasteiger partial charge in [-0.25, -0.2) is 8.42 Å². The molecule has 0 saturated heterocycles. The summed E-state index contributed by atoms with van der Waals surface area (Å²) in [4.78, 5) is 12.6. The van der Waals surface area contributed by atoms with E-state index in [1.807, 2.05) is 55.5 Å². The van der Waals surface area contributed by atoms with Crippen LogP contribution in [-0.2, 0) is 14.8 Å². The molecule has 162 valence electrons. The number of hydrogen-bond acceptors (Lipinski definition) is 5. The molecule has 1 aliphatic heterocycles. The summed E-state index contributed by atoms with van der Waals surface area (Å²) in [7, 11) is -3.55. The Labute approximate surface area is 181 Å². The highest BCUT2D eigenvalue weighted by atomic mass is 32.2. The van der Waals surface area contributed by atoms with Gasteiger partial charge in [0.15, 0.2) is 6.10 Å². The smallest absolute Gasteiger partial charge is 0.263 e. The Kier molecular flexibility index (Phi) is 5.73. The Morgan fingerprint density at radius 2 is 1.90 bits per heavy atom. The minimum Gasteiger partial charge on any atom is -0.492 e. The lowest BCUT2D eigenvalue weighted by Crippen LogP contribution is -2.51. The van der Waals surface area contributed by atoms with Crippen LogP contribution in [0, 0.1) is 6.92 Å². The Morgan fingerprint density at radius 1 is 1.13 bits per heavy atom. The molecular formula is C23H24N2O5S. The van der Waals surface area contributed by atoms with E-state index in [1.54, 1.807) is 12.1 Å². The second-order valence-corrected chi connectivity index (χ2v) is 9.43. The number of nitrogens with one attached hydrogen (secondary N) is 1. The number of hydrogen-bond donors (Lipinski definition) is 1. The fraction of sp³-hybridized carbons (Fsp3) is 0.261. The molecule has 1 unspecified atom stereocenters. The van der Waals surface area contributed by atoms with Crippen molar-refractivity contribution >= 4 is 32.4 Å². The van der Waals surface area contributed by atoms with Crippen LogP contribution < -0.4 is 19.1 Å². The Hall–Kier alpha value is -3.26. The van der Waals surface area contributed by atoms with E-state index in [1.165, 1.54) is 4.31 Å². The molecule has 1 aliphatic rings. The highest BCUT2D eigenvalue weighted by molar-refractivity contribution is 7.92. The summed E-state index contributed by atoms with van der Waals surface area (Å²) in [5.41, 5.74) is 1.36. The number of fused-ring (bicyclic) bond motifs is 2. The van der Waals surface area contributed by atoms with E-state index in [0.29, 0.717) is 11.4 Å². The van der Waals surface area contributed by atoms with Gasteiger partial charge in [-0.1, -0.05) is 36.4 Å². The number of amides is 1. The topological polar surface area (TPSA) is 84.9 Å². The van der Waals surface area contributed by atoms with Crippen molar-refractivity contribution in [3.05, 3.63) is 66.2 Å². The predicted octanol–water partition coefficient (Wildman–Crippen LogP) is 2.87. The second kappa shape index (κ2) is 8.47. The molecule has 0 aromatic heterocycles. The first kappa shape index (κ1) is 21.0. The Morgan fingerprint density at radius 3 is 2.68 bits per heavy atom. The Balaban J connectivity index is 1.36. The summed E-state index contributed by atoms with van der Waals surface area (Å²) >= 11 is 0. The molecule has 0 fully saturated rings. The maximum atomic E-state index is 12.6. The lowest BCUT2D eigenvalue weighted by molar-refractivity contribution is -0.127. The number of rotatable bonds is 6. The third kappa shape index (κ3) is 4.74. The molecule has 0 aliphatic carbocycles. The number of aryl methyl sites for hydroxylation is 1. The van der Waals surface area contributed by atoms with Crippen LogP contribution in [0.1, 0.15) is 5.56 Å². The molecule has 7 nitrogen and oxygen atoms in total. The molecular weight excluding hydrogens is 416 g/mol. The van der Waals surface area contributed by atoms with Gasteiger partial charge >= 0.3 is 0 Å². The van der Waals surface area contributed by atoms with Crippen molar-refractivity contribution in [3.63, 3.8) is 0 Å². The van der Waals surface area contributed by atoms with Crippen LogP contribution in [-0.4, -0.2) is 46.4 Å². The van der Waals surface area contributed by atoms with E-state index in [0.717, 1.165) is 28.3 Å². The molecule has 8 heteroatoms. The molecule has 0 saturated carbocycles. The molecule has 3 aromatic carbocycles. The largest absolute Gasteiger partial charge is 0.492 e. The normalized spacial score (nSPS) is 15.8. The zero-order chi connectivity index (χ0) is 22.0. The SMILES string of the molecule is Cc1ccc2c(c1)N(S(C)(=O)=O)CC(C(=O)NCCOc1ccc3ccccc3c1)O2. The summed E-state index contributed by atoms with van der Waals surface area (Å²) < 4.78 is 37.2. The molecule has 4 rings (SSSR count). The van der Waals surface area contributed by atoms with Crippen LogP contribution in [0.25, 0.3) is 10.8 Å². The van der Waals surface area contributed by atoms with Gasteiger partial charge in [-0.3, -0.25) is 9.10 Å². The highest BCUT2D eigenvalue weighted by Crippen LogP contribution is 2.35. The second-order valence-electron chi connectivity index (χ2n) is 7.52. The van der Waals surface area contributed by atoms with E-state index in [9.17, 15) is 13.2 Å². The molecule has 0 radical (unpaired) electrons. The summed E-state index contributed by atoms with van der Waals surface area (Å²) in [6.07, 6.45) is 0.183. The molecule has 1 amide bonds. The highest BCUT2D eigenvalue weighted by Gasteiger charge is 2.34. The van der Waals surface area contributed by atoms with Crippen molar-refractivity contribution < 1.29 is 22.7 Å². The van der Waals surface area contributed by atoms with E-state index < -0.39 is 16.1 Å². The van der Waals surface area contributed by atoms with Crippen molar-refractivity contribution in [1.29, 1.82) is 0 Å². The summed E-state index contributed by atoms with van der Waals surface area (Å²) in [5.74, 6) is 0.700. The van der Waals surface area contributed by atoms with E-state index >= 15 is 0 Å². The minimum absolute atomic E-state index is 0.0767. The van der Waals surface area contributed by atoms with Gasteiger partial charge in [0.2, 0.25) is 10.0 Å². The number of ether oxygens (including phenoxy) is 2. The van der Waals surface area contributed by atoms with Crippen LogP contribution >= 0.6 is 0 Å². The third-order valence-electron chi connectivity index (χ3n) is 5.07. The first-order chi connectivity index (χ1) is 14.8. The molecule has 1 heterocycles. The van der Waals surface area contributed by atoms with Gasteiger partial charge in [0.25, 0.3) is 5.91 Å². The lowest BCUT2D eigenvalue weighted by atomic mass is 10.1. The maximum Gasteiger partial charge on any atom is 0.263 e. The fourth-order valence-electron chi connectivity index (χ4n) is 3.53. The van der Waals surface area contributed by atoms with E-state index in [4.69, 9.17) is 9.47 Å². The average Bonchev–Trinajstić information content (AvgIpc) is 2.75. The molecule has 1 N–H and O–H groups in total. The van der Waals surface area contributed by atoms with Crippen LogP contribution in [0.15, 0.2) is 60.7 Å². The zero-order valence-electron chi connectivity index (χ0n) is 17.4. The standard InChI is InChI=1S/C23H24N2O5S/c1-16-7-10-21-20(13-16)25(31(2,27)28)15-22(30-21)23(26)24-11-12-29-19-9-8-17-5-3-4-6-18(17)14-19/h3-10,13-14,22H,11-12,15H2,1-2H3,(H,24,26). The number of sulfonamides is 1. The molecule has 0 spiro atoms. The number of benzene rings is 3. The predicted molar refractivity (Wildman–Crippen MR) is 120 cm³/mol. The summed E-state index contributed by atoms with van der Waals surface area (Å²) in [6.45, 7) is 2.34. The maximum absolute atomic E-state index is 12.6. The molecule has 3 aromatic rings. The molecule has 31 heavy (non-hydrogen) atoms. The van der Waals surface area contributed by atoms with Gasteiger partial charge in [-0.15, -0.1) is 0 Å². The van der Waals surface area contributed by atoms with Crippen LogP contribution in [0.4, 0.5) is 5.69 Å². The number of anilines is 1. The number of carbonyl (C=O) groups is 1. The number of nitrogens with zero attached hydrogens (tertiary/aromatic N) is 1. The summed E-state index contributed by atoms with van der Waals surface area (Å²) in [6, 6.07) is 19.1. The van der Waals surface area contributed by atoms with E-state index in [-0.39, 0.29) is 25.6 Å². The van der Waals surface area contributed by atoms with Gasteiger partial charge in [-0.2, -0.15) is 0 Å². The van der Waals surface area contributed by atoms with Crippen molar-refractivity contribution in [3.8, 4) is 11.5 Å². The van der Waals surface area contributed by atoms with Gasteiger partial charge in [0.05, 0.1) is 25.0 Å². The lowest BCUT2D eigenvalue weighted by Gasteiger charge is -2.34. The van der Waals surface area contributed by atoms with Crippen molar-refractivity contribution in [2.45, 2.75) is 13.0 Å². The zero-order valence-corrected chi connectivity index (χ0v) is 18.2. The number of carbonyl (C=O) groups excluding carboxylic acids is 1. The van der Waals surface area contributed by atoms with Crippen molar-refractivity contribution in [2.24, 2.45) is 0 Å². The van der Waals surface area contributed by atoms with Crippen LogP contribution in [0.3, 0.4) is 0 Å². The van der Waals surface area contributed by atoms with Crippen molar-refractivity contribution in [1.82, 2.24) is 5.32 Å². The van der Waals surface area contributed by atoms with Gasteiger partial charge < -0.3 is 14.8 Å². The summed E-state index contributed by atoms with van der Waals surface area (Å²) in [5, 5.41) is 4.97. The van der Waals surface area contributed by atoms with Crippen LogP contribution in [0.2, 0.25) is 0 Å². The van der Waals surface area contributed by atoms with Gasteiger partial charge in [0.1, 0.15) is 18.1 Å². The quantitative estimate of drug-likeness (QED) is 0.596. The molecule has 0 bridgehead atoms. The van der Waals surface area contributed by atoms with Gasteiger partial charge in [0, 0.05) is 0 Å². The monoisotopic (exact) mass is 440 g/mol. The first-order valence-electron chi connectivity index (χ1n) is 9.95. The minimum atomic E-state index is -3.55.